The number of aliphatic hydroxyl groups excluding tert-OH is 4. The lowest BCUT2D eigenvalue weighted by Gasteiger charge is -2.22. The van der Waals surface area contributed by atoms with E-state index in [0.717, 1.165) is 22.6 Å². The van der Waals surface area contributed by atoms with E-state index in [4.69, 9.17) is 0 Å². The molecule has 0 bridgehead atoms. The molecule has 0 saturated carbocycles. The molecule has 2 fully saturated rings. The van der Waals surface area contributed by atoms with Crippen LogP contribution in [0.25, 0.3) is 0 Å². The van der Waals surface area contributed by atoms with E-state index in [1.54, 1.807) is 24.3 Å². The second-order valence-corrected chi connectivity index (χ2v) is 9.98. The number of aliphatic hydroxyl groups is 4. The van der Waals surface area contributed by atoms with Gasteiger partial charge in [0.05, 0.1) is 13.2 Å². The third-order valence-corrected chi connectivity index (χ3v) is 7.35. The van der Waals surface area contributed by atoms with Gasteiger partial charge in [-0.05, 0) is 30.9 Å². The fraction of sp³-hybridized carbons (Fsp3) is 0.312. The van der Waals surface area contributed by atoms with E-state index in [1.165, 1.54) is 38.4 Å². The minimum atomic E-state index is -0.977. The molecule has 4 N–H and O–H groups in total. The number of nitrogens with zero attached hydrogens (tertiary/aromatic N) is 2. The molecule has 2 aliphatic heterocycles. The summed E-state index contributed by atoms with van der Waals surface area (Å²) in [6.45, 7) is -1.02. The van der Waals surface area contributed by atoms with Crippen molar-refractivity contribution in [2.75, 3.05) is 27.3 Å². The van der Waals surface area contributed by atoms with Gasteiger partial charge in [0.2, 0.25) is 0 Å². The molecule has 0 radical (unpaired) electrons. The predicted octanol–water partition coefficient (Wildman–Crippen LogP) is 2.33. The van der Waals surface area contributed by atoms with Gasteiger partial charge in [-0.1, -0.05) is 72.9 Å². The van der Waals surface area contributed by atoms with E-state index in [2.05, 4.69) is 18.2 Å². The molecule has 0 unspecified atom stereocenters. The van der Waals surface area contributed by atoms with Gasteiger partial charge in [0, 0.05) is 20.0 Å². The molecule has 1 aliphatic carbocycles. The Morgan fingerprint density at radius 3 is 1.64 bits per heavy atom. The van der Waals surface area contributed by atoms with E-state index in [-0.39, 0.29) is 23.0 Å². The van der Waals surface area contributed by atoms with Gasteiger partial charge in [-0.3, -0.25) is 19.2 Å². The van der Waals surface area contributed by atoms with E-state index in [1.807, 2.05) is 18.2 Å². The van der Waals surface area contributed by atoms with Crippen molar-refractivity contribution in [3.8, 4) is 0 Å². The zero-order valence-electron chi connectivity index (χ0n) is 23.5. The van der Waals surface area contributed by atoms with Crippen molar-refractivity contribution in [1.29, 1.82) is 0 Å². The molecule has 4 atom stereocenters. The van der Waals surface area contributed by atoms with Crippen LogP contribution in [0, 0.1) is 11.8 Å². The number of allylic oxidation sites excluding steroid dienone is 14. The van der Waals surface area contributed by atoms with Gasteiger partial charge in [-0.2, -0.15) is 0 Å². The largest absolute Gasteiger partial charge is 0.507 e. The molecular weight excluding hydrogens is 540 g/mol. The van der Waals surface area contributed by atoms with Crippen molar-refractivity contribution in [3.05, 3.63) is 108 Å². The number of likely N-dealkylation sites (tertiary alicyclic amines) is 2. The predicted molar refractivity (Wildman–Crippen MR) is 157 cm³/mol. The van der Waals surface area contributed by atoms with Gasteiger partial charge in [0.15, 0.2) is 11.6 Å². The first-order chi connectivity index (χ1) is 20.1. The maximum atomic E-state index is 12.2. The van der Waals surface area contributed by atoms with Crippen LogP contribution in [0.3, 0.4) is 0 Å². The number of amides is 2. The summed E-state index contributed by atoms with van der Waals surface area (Å²) < 4.78 is 0. The van der Waals surface area contributed by atoms with Crippen molar-refractivity contribution in [3.63, 3.8) is 0 Å². The highest BCUT2D eigenvalue weighted by atomic mass is 16.3. The van der Waals surface area contributed by atoms with Crippen molar-refractivity contribution < 1.29 is 39.6 Å². The highest BCUT2D eigenvalue weighted by Gasteiger charge is 2.43. The number of carbonyl (C=O) groups is 4. The fourth-order valence-electron chi connectivity index (χ4n) is 4.84. The first kappa shape index (κ1) is 32.0. The third kappa shape index (κ3) is 7.20. The standard InChI is InChI=1S/C32H36N2O8/c1-33-23(19-35)29(39)27(31(33)41)25(37)17-9-5-3-7-13-21-15-11-12-16-22(21)14-8-4-6-10-18-26(38)28-30(40)24(20-36)34(2)32(28)42/h3-11,13-15,17-18,21-24,35-38H,12,16,19-20H2,1-2H3/b5-3+,6-4+,13-7+,14-8+,17-9+,18-10+,27-25+,28-26+/t21-,22-,23-,24-/m0/s1. The Labute approximate surface area is 244 Å². The SMILES string of the molecule is CN1C(=O)\C(=C(O)/C=C/C=C/C=C/[C@H]2C=CCC[C@@H]2/C=C/C=C/C=C/C(O)=C2/C(=O)[C@H](CO)N(C)C2=O)C(=O)[C@@H]1CO. The quantitative estimate of drug-likeness (QED) is 0.102. The Bertz CT molecular complexity index is 1360. The van der Waals surface area contributed by atoms with Crippen LogP contribution < -0.4 is 0 Å². The van der Waals surface area contributed by atoms with E-state index >= 15 is 0 Å². The van der Waals surface area contributed by atoms with Crippen molar-refractivity contribution >= 4 is 23.4 Å². The van der Waals surface area contributed by atoms with Crippen LogP contribution in [-0.2, 0) is 19.2 Å². The van der Waals surface area contributed by atoms with Crippen LogP contribution in [0.15, 0.2) is 108 Å². The smallest absolute Gasteiger partial charge is 0.261 e. The fourth-order valence-corrected chi connectivity index (χ4v) is 4.84. The molecule has 0 aromatic heterocycles. The highest BCUT2D eigenvalue weighted by molar-refractivity contribution is 6.27. The Morgan fingerprint density at radius 1 is 0.738 bits per heavy atom. The molecule has 10 heteroatoms. The Hall–Kier alpha value is -4.54. The summed E-state index contributed by atoms with van der Waals surface area (Å²) in [5, 5.41) is 39.0. The van der Waals surface area contributed by atoms with Crippen LogP contribution >= 0.6 is 0 Å². The van der Waals surface area contributed by atoms with Crippen LogP contribution in [0.5, 0.6) is 0 Å². The molecule has 42 heavy (non-hydrogen) atoms. The molecule has 2 heterocycles. The normalized spacial score (nSPS) is 28.2. The second-order valence-electron chi connectivity index (χ2n) is 9.98. The van der Waals surface area contributed by atoms with E-state index < -0.39 is 60.2 Å². The number of likely N-dealkylation sites (N-methyl/N-ethyl adjacent to an activating group) is 2. The van der Waals surface area contributed by atoms with Crippen LogP contribution in [0.1, 0.15) is 12.8 Å². The Morgan fingerprint density at radius 2 is 1.19 bits per heavy atom. The Kier molecular flexibility index (Phi) is 11.3. The average molecular weight is 577 g/mol. The summed E-state index contributed by atoms with van der Waals surface area (Å²) in [7, 11) is 2.80. The molecule has 0 aromatic rings. The summed E-state index contributed by atoms with van der Waals surface area (Å²) in [5.74, 6) is -2.95. The lowest BCUT2D eigenvalue weighted by molar-refractivity contribution is -0.126. The van der Waals surface area contributed by atoms with Crippen molar-refractivity contribution in [2.24, 2.45) is 11.8 Å². The first-order valence-electron chi connectivity index (χ1n) is 13.5. The molecule has 0 spiro atoms. The van der Waals surface area contributed by atoms with Gasteiger partial charge in [-0.15, -0.1) is 0 Å². The molecule has 3 rings (SSSR count). The molecule has 2 saturated heterocycles. The average Bonchev–Trinajstić information content (AvgIpc) is 3.33. The zero-order chi connectivity index (χ0) is 30.8. The zero-order valence-corrected chi connectivity index (χ0v) is 23.5. The minimum absolute atomic E-state index is 0.160. The van der Waals surface area contributed by atoms with Gasteiger partial charge in [0.1, 0.15) is 34.7 Å². The summed E-state index contributed by atoms with van der Waals surface area (Å²) in [6, 6.07) is -1.95. The maximum absolute atomic E-state index is 12.2. The monoisotopic (exact) mass is 576 g/mol. The molecule has 3 aliphatic rings. The summed E-state index contributed by atoms with van der Waals surface area (Å²) >= 11 is 0. The number of Topliss-reactive ketones (excluding diaryl/α,β-unsaturated/α-hetero) is 2. The summed E-state index contributed by atoms with van der Waals surface area (Å²) in [6.07, 6.45) is 26.5. The van der Waals surface area contributed by atoms with Gasteiger partial charge in [-0.25, -0.2) is 0 Å². The lowest BCUT2D eigenvalue weighted by Crippen LogP contribution is -2.34. The highest BCUT2D eigenvalue weighted by Crippen LogP contribution is 2.27. The van der Waals surface area contributed by atoms with Gasteiger partial charge >= 0.3 is 0 Å². The van der Waals surface area contributed by atoms with Crippen LogP contribution in [-0.4, -0.2) is 93.0 Å². The minimum Gasteiger partial charge on any atom is -0.507 e. The molecule has 10 nitrogen and oxygen atoms in total. The second kappa shape index (κ2) is 14.9. The number of rotatable bonds is 10. The summed E-state index contributed by atoms with van der Waals surface area (Å²) in [4.78, 5) is 51.0. The molecule has 222 valence electrons. The molecular formula is C32H36N2O8. The number of hydrogen-bond acceptors (Lipinski definition) is 8. The van der Waals surface area contributed by atoms with Crippen molar-refractivity contribution in [1.82, 2.24) is 9.80 Å². The van der Waals surface area contributed by atoms with Crippen molar-refractivity contribution in [2.45, 2.75) is 24.9 Å². The Balaban J connectivity index is 1.56. The topological polar surface area (TPSA) is 156 Å². The summed E-state index contributed by atoms with van der Waals surface area (Å²) in [5.41, 5.74) is -0.665. The number of carbonyl (C=O) groups excluding carboxylic acids is 4. The number of ketones is 2. The molecule has 0 aromatic carbocycles. The van der Waals surface area contributed by atoms with Crippen LogP contribution in [0.2, 0.25) is 0 Å². The van der Waals surface area contributed by atoms with Gasteiger partial charge < -0.3 is 30.2 Å². The van der Waals surface area contributed by atoms with Crippen LogP contribution in [0.4, 0.5) is 0 Å². The van der Waals surface area contributed by atoms with E-state index in [0.29, 0.717) is 0 Å². The lowest BCUT2D eigenvalue weighted by atomic mass is 9.83. The molecule has 2 amide bonds. The number of hydrogen-bond donors (Lipinski definition) is 4. The van der Waals surface area contributed by atoms with E-state index in [9.17, 15) is 39.6 Å². The van der Waals surface area contributed by atoms with Gasteiger partial charge in [0.25, 0.3) is 11.8 Å². The first-order valence-corrected chi connectivity index (χ1v) is 13.5. The third-order valence-electron chi connectivity index (χ3n) is 7.35. The maximum Gasteiger partial charge on any atom is 0.261 e.